The van der Waals surface area contributed by atoms with Crippen molar-refractivity contribution < 1.29 is 23.9 Å². The van der Waals surface area contributed by atoms with Crippen LogP contribution in [0, 0.1) is 6.92 Å². The van der Waals surface area contributed by atoms with Crippen LogP contribution in [0.1, 0.15) is 62.4 Å². The predicted molar refractivity (Wildman–Crippen MR) is 94.7 cm³/mol. The number of furan rings is 1. The summed E-state index contributed by atoms with van der Waals surface area (Å²) in [4.78, 5) is 35.8. The fourth-order valence-corrected chi connectivity index (χ4v) is 2.56. The number of nitrogens with one attached hydrogen (secondary N) is 2. The van der Waals surface area contributed by atoms with Gasteiger partial charge in [-0.15, -0.1) is 0 Å². The van der Waals surface area contributed by atoms with E-state index in [1.807, 2.05) is 0 Å². The van der Waals surface area contributed by atoms with E-state index in [-0.39, 0.29) is 29.0 Å². The number of aromatic carboxylic acids is 1. The number of carboxylic acids is 1. The van der Waals surface area contributed by atoms with Gasteiger partial charge in [0.1, 0.15) is 11.3 Å². The molecular formula is C19H20N2O5. The maximum absolute atomic E-state index is 12.4. The summed E-state index contributed by atoms with van der Waals surface area (Å²) in [5, 5.41) is 14.8. The number of amides is 2. The van der Waals surface area contributed by atoms with Gasteiger partial charge in [0.25, 0.3) is 11.8 Å². The van der Waals surface area contributed by atoms with Gasteiger partial charge in [0.05, 0.1) is 0 Å². The number of carbonyl (C=O) groups is 3. The van der Waals surface area contributed by atoms with Gasteiger partial charge in [-0.3, -0.25) is 9.59 Å². The second-order valence-electron chi connectivity index (χ2n) is 6.34. The van der Waals surface area contributed by atoms with E-state index in [0.717, 1.165) is 18.4 Å². The summed E-state index contributed by atoms with van der Waals surface area (Å²) in [6.07, 6.45) is 2.35. The number of carbonyl (C=O) groups excluding carboxylic acids is 2. The SMILES string of the molecule is CCc1oc(C(=O)Nc2cc(C(=O)NC3CC3)ccc2C)cc1C(=O)O. The highest BCUT2D eigenvalue weighted by Crippen LogP contribution is 2.23. The second-order valence-corrected chi connectivity index (χ2v) is 6.34. The Morgan fingerprint density at radius 3 is 2.50 bits per heavy atom. The Kier molecular flexibility index (Phi) is 4.79. The van der Waals surface area contributed by atoms with E-state index in [1.54, 1.807) is 32.0 Å². The van der Waals surface area contributed by atoms with Crippen molar-refractivity contribution in [3.8, 4) is 0 Å². The quantitative estimate of drug-likeness (QED) is 0.737. The van der Waals surface area contributed by atoms with E-state index < -0.39 is 11.9 Å². The number of carboxylic acid groups (broad SMARTS) is 1. The van der Waals surface area contributed by atoms with Gasteiger partial charge in [-0.1, -0.05) is 13.0 Å². The van der Waals surface area contributed by atoms with Crippen LogP contribution < -0.4 is 10.6 Å². The molecule has 1 saturated carbocycles. The molecule has 3 N–H and O–H groups in total. The van der Waals surface area contributed by atoms with Gasteiger partial charge in [0, 0.05) is 29.8 Å². The highest BCUT2D eigenvalue weighted by molar-refractivity contribution is 6.05. The van der Waals surface area contributed by atoms with E-state index in [2.05, 4.69) is 10.6 Å². The maximum Gasteiger partial charge on any atom is 0.339 e. The minimum atomic E-state index is -1.14. The molecule has 1 fully saturated rings. The monoisotopic (exact) mass is 356 g/mol. The van der Waals surface area contributed by atoms with Crippen LogP contribution in [0.25, 0.3) is 0 Å². The molecule has 1 aromatic heterocycles. The molecule has 1 aliphatic carbocycles. The minimum Gasteiger partial charge on any atom is -0.478 e. The van der Waals surface area contributed by atoms with E-state index >= 15 is 0 Å². The number of hydrogen-bond acceptors (Lipinski definition) is 4. The molecule has 7 nitrogen and oxygen atoms in total. The lowest BCUT2D eigenvalue weighted by Gasteiger charge is -2.10. The fraction of sp³-hybridized carbons (Fsp3) is 0.316. The number of hydrogen-bond donors (Lipinski definition) is 3. The summed E-state index contributed by atoms with van der Waals surface area (Å²) >= 11 is 0. The Bertz CT molecular complexity index is 880. The molecule has 26 heavy (non-hydrogen) atoms. The van der Waals surface area contributed by atoms with Crippen molar-refractivity contribution in [3.05, 3.63) is 52.5 Å². The van der Waals surface area contributed by atoms with Crippen LogP contribution in [0.4, 0.5) is 5.69 Å². The molecule has 0 aliphatic heterocycles. The van der Waals surface area contributed by atoms with Crippen molar-refractivity contribution >= 4 is 23.5 Å². The number of rotatable bonds is 6. The topological polar surface area (TPSA) is 109 Å². The molecule has 3 rings (SSSR count). The van der Waals surface area contributed by atoms with Crippen LogP contribution in [0.5, 0.6) is 0 Å². The Morgan fingerprint density at radius 1 is 1.19 bits per heavy atom. The molecule has 1 aliphatic rings. The van der Waals surface area contributed by atoms with Gasteiger partial charge >= 0.3 is 5.97 Å². The average molecular weight is 356 g/mol. The zero-order valence-corrected chi connectivity index (χ0v) is 14.6. The van der Waals surface area contributed by atoms with Gasteiger partial charge in [-0.25, -0.2) is 4.79 Å². The standard InChI is InChI=1S/C19H20N2O5/c1-3-15-13(19(24)25)9-16(26-15)18(23)21-14-8-11(5-4-10(14)2)17(22)20-12-6-7-12/h4-5,8-9,12H,3,6-7H2,1-2H3,(H,20,22)(H,21,23)(H,24,25). The molecule has 1 heterocycles. The van der Waals surface area contributed by atoms with E-state index in [1.165, 1.54) is 6.07 Å². The molecule has 2 amide bonds. The van der Waals surface area contributed by atoms with Crippen LogP contribution in [0.2, 0.25) is 0 Å². The normalized spacial score (nSPS) is 13.3. The summed E-state index contributed by atoms with van der Waals surface area (Å²) < 4.78 is 5.37. The van der Waals surface area contributed by atoms with E-state index in [4.69, 9.17) is 9.52 Å². The summed E-state index contributed by atoms with van der Waals surface area (Å²) in [5.41, 5.74) is 1.69. The van der Waals surface area contributed by atoms with Gasteiger partial charge in [-0.05, 0) is 37.5 Å². The Morgan fingerprint density at radius 2 is 1.92 bits per heavy atom. The van der Waals surface area contributed by atoms with Gasteiger partial charge in [0.2, 0.25) is 0 Å². The van der Waals surface area contributed by atoms with Gasteiger partial charge in [0.15, 0.2) is 5.76 Å². The van der Waals surface area contributed by atoms with Gasteiger partial charge in [-0.2, -0.15) is 0 Å². The smallest absolute Gasteiger partial charge is 0.339 e. The molecule has 2 aromatic rings. The van der Waals surface area contributed by atoms with Crippen molar-refractivity contribution in [2.45, 2.75) is 39.2 Å². The second kappa shape index (κ2) is 7.03. The van der Waals surface area contributed by atoms with E-state index in [9.17, 15) is 14.4 Å². The first-order chi connectivity index (χ1) is 12.4. The Balaban J connectivity index is 1.80. The molecule has 0 unspecified atom stereocenters. The Hall–Kier alpha value is -3.09. The zero-order valence-electron chi connectivity index (χ0n) is 14.6. The zero-order chi connectivity index (χ0) is 18.8. The fourth-order valence-electron chi connectivity index (χ4n) is 2.56. The van der Waals surface area contributed by atoms with Crippen molar-refractivity contribution in [1.82, 2.24) is 5.32 Å². The van der Waals surface area contributed by atoms with Gasteiger partial charge < -0.3 is 20.2 Å². The molecule has 136 valence electrons. The van der Waals surface area contributed by atoms with Crippen LogP contribution in [0.15, 0.2) is 28.7 Å². The minimum absolute atomic E-state index is 0.0214. The highest BCUT2D eigenvalue weighted by Gasteiger charge is 2.24. The first kappa shape index (κ1) is 17.7. The van der Waals surface area contributed by atoms with Crippen LogP contribution in [-0.4, -0.2) is 28.9 Å². The average Bonchev–Trinajstić information content (AvgIpc) is 3.30. The highest BCUT2D eigenvalue weighted by atomic mass is 16.4. The number of benzene rings is 1. The molecule has 7 heteroatoms. The third-order valence-electron chi connectivity index (χ3n) is 4.24. The van der Waals surface area contributed by atoms with Crippen molar-refractivity contribution in [2.24, 2.45) is 0 Å². The Labute approximate surface area is 150 Å². The molecule has 0 radical (unpaired) electrons. The molecule has 0 bridgehead atoms. The van der Waals surface area contributed by atoms with Crippen molar-refractivity contribution in [1.29, 1.82) is 0 Å². The lowest BCUT2D eigenvalue weighted by molar-refractivity contribution is 0.0694. The number of anilines is 1. The van der Waals surface area contributed by atoms with Crippen molar-refractivity contribution in [3.63, 3.8) is 0 Å². The summed E-state index contributed by atoms with van der Waals surface area (Å²) in [6.45, 7) is 3.56. The van der Waals surface area contributed by atoms with Crippen molar-refractivity contribution in [2.75, 3.05) is 5.32 Å². The lowest BCUT2D eigenvalue weighted by Crippen LogP contribution is -2.25. The molecule has 0 saturated heterocycles. The molecular weight excluding hydrogens is 336 g/mol. The number of aryl methyl sites for hydroxylation is 2. The van der Waals surface area contributed by atoms with Crippen LogP contribution in [0.3, 0.4) is 0 Å². The lowest BCUT2D eigenvalue weighted by atomic mass is 10.1. The third kappa shape index (κ3) is 3.77. The molecule has 1 aromatic carbocycles. The summed E-state index contributed by atoms with van der Waals surface area (Å²) in [6, 6.07) is 6.52. The molecule has 0 atom stereocenters. The third-order valence-corrected chi connectivity index (χ3v) is 4.24. The van der Waals surface area contributed by atoms with Crippen LogP contribution in [-0.2, 0) is 6.42 Å². The van der Waals surface area contributed by atoms with Crippen LogP contribution >= 0.6 is 0 Å². The maximum atomic E-state index is 12.4. The largest absolute Gasteiger partial charge is 0.478 e. The summed E-state index contributed by atoms with van der Waals surface area (Å²) in [7, 11) is 0. The predicted octanol–water partition coefficient (Wildman–Crippen LogP) is 2.99. The first-order valence-corrected chi connectivity index (χ1v) is 8.48. The molecule has 0 spiro atoms. The first-order valence-electron chi connectivity index (χ1n) is 8.48. The van der Waals surface area contributed by atoms with E-state index in [0.29, 0.717) is 17.7 Å². The summed E-state index contributed by atoms with van der Waals surface area (Å²) in [5.74, 6) is -1.71.